The van der Waals surface area contributed by atoms with Crippen molar-refractivity contribution in [2.24, 2.45) is 0 Å². The van der Waals surface area contributed by atoms with Crippen LogP contribution in [-0.2, 0) is 9.53 Å². The number of aliphatic hydroxyl groups excluding tert-OH is 3. The van der Waals surface area contributed by atoms with Crippen LogP contribution < -0.4 is 0 Å². The first-order valence-electron chi connectivity index (χ1n) is 6.00. The lowest BCUT2D eigenvalue weighted by Gasteiger charge is -2.59. The van der Waals surface area contributed by atoms with Gasteiger partial charge in [0, 0.05) is 5.92 Å². The van der Waals surface area contributed by atoms with Gasteiger partial charge < -0.3 is 25.2 Å². The molecule has 102 valence electrons. The zero-order valence-electron chi connectivity index (χ0n) is 9.88. The Hall–Kier alpha value is -1.47. The van der Waals surface area contributed by atoms with Crippen LogP contribution in [0.2, 0.25) is 0 Å². The Morgan fingerprint density at radius 1 is 1.11 bits per heavy atom. The molecule has 0 aromatic heterocycles. The highest BCUT2D eigenvalue weighted by Gasteiger charge is 2.71. The lowest BCUT2D eigenvalue weighted by atomic mass is 9.57. The molecule has 1 heterocycles. The van der Waals surface area contributed by atoms with Crippen molar-refractivity contribution in [3.8, 4) is 0 Å². The van der Waals surface area contributed by atoms with Gasteiger partial charge in [0.25, 0.3) is 0 Å². The molecule has 1 aliphatic carbocycles. The van der Waals surface area contributed by atoms with Crippen molar-refractivity contribution in [3.63, 3.8) is 0 Å². The molecule has 6 heteroatoms. The first kappa shape index (κ1) is 12.6. The Labute approximate surface area is 108 Å². The maximum atomic E-state index is 11.3. The number of esters is 1. The minimum Gasteiger partial charge on any atom is -0.454 e. The topological polar surface area (TPSA) is 107 Å². The largest absolute Gasteiger partial charge is 0.454 e. The number of hydrogen-bond donors (Lipinski definition) is 4. The molecule has 6 atom stereocenters. The molecule has 1 aromatic rings. The standard InChI is InChI=1S/C13H14O6/c14-8-7(6-4-2-1-3-5-6)13(18)10(16)9(15)12(17)19-11(8)13/h1-5,7-11,14-16,18H/t7?,8?,9-,10-,11-,13+/m1/s1. The number of benzene rings is 1. The first-order chi connectivity index (χ1) is 8.98. The van der Waals surface area contributed by atoms with E-state index in [1.165, 1.54) is 0 Å². The third-order valence-electron chi connectivity index (χ3n) is 4.02. The molecule has 0 amide bonds. The summed E-state index contributed by atoms with van der Waals surface area (Å²) in [6, 6.07) is 8.63. The molecule has 0 radical (unpaired) electrons. The fourth-order valence-corrected chi connectivity index (χ4v) is 3.00. The Morgan fingerprint density at radius 2 is 1.74 bits per heavy atom. The van der Waals surface area contributed by atoms with E-state index in [2.05, 4.69) is 0 Å². The molecule has 2 fully saturated rings. The van der Waals surface area contributed by atoms with Gasteiger partial charge in [0.1, 0.15) is 17.8 Å². The van der Waals surface area contributed by atoms with Crippen molar-refractivity contribution < 1.29 is 30.0 Å². The van der Waals surface area contributed by atoms with Gasteiger partial charge in [-0.2, -0.15) is 0 Å². The van der Waals surface area contributed by atoms with Crippen LogP contribution in [0, 0.1) is 0 Å². The third kappa shape index (κ3) is 1.48. The number of ether oxygens (including phenoxy) is 1. The molecule has 6 nitrogen and oxygen atoms in total. The highest BCUT2D eigenvalue weighted by atomic mass is 16.6. The molecular weight excluding hydrogens is 252 g/mol. The zero-order valence-corrected chi connectivity index (χ0v) is 9.88. The quantitative estimate of drug-likeness (QED) is 0.462. The molecule has 1 saturated heterocycles. The average Bonchev–Trinajstić information content (AvgIpc) is 2.42. The summed E-state index contributed by atoms with van der Waals surface area (Å²) >= 11 is 0. The summed E-state index contributed by atoms with van der Waals surface area (Å²) in [6.45, 7) is 0. The summed E-state index contributed by atoms with van der Waals surface area (Å²) in [7, 11) is 0. The molecule has 2 unspecified atom stereocenters. The Kier molecular flexibility index (Phi) is 2.65. The maximum absolute atomic E-state index is 11.3. The highest BCUT2D eigenvalue weighted by molar-refractivity contribution is 5.77. The number of hydrogen-bond acceptors (Lipinski definition) is 6. The van der Waals surface area contributed by atoms with Gasteiger partial charge in [-0.05, 0) is 5.56 Å². The fourth-order valence-electron chi connectivity index (χ4n) is 3.00. The molecule has 2 aliphatic rings. The highest BCUT2D eigenvalue weighted by Crippen LogP contribution is 2.52. The van der Waals surface area contributed by atoms with Crippen LogP contribution in [0.1, 0.15) is 11.5 Å². The molecule has 1 aliphatic heterocycles. The summed E-state index contributed by atoms with van der Waals surface area (Å²) in [5.74, 6) is -1.84. The van der Waals surface area contributed by atoms with Crippen molar-refractivity contribution >= 4 is 5.97 Å². The number of carbonyl (C=O) groups excluding carboxylic acids is 1. The minimum atomic E-state index is -1.87. The van der Waals surface area contributed by atoms with Crippen molar-refractivity contribution in [3.05, 3.63) is 35.9 Å². The zero-order chi connectivity index (χ0) is 13.8. The van der Waals surface area contributed by atoms with Crippen LogP contribution >= 0.6 is 0 Å². The molecule has 0 spiro atoms. The lowest BCUT2D eigenvalue weighted by Crippen LogP contribution is -2.79. The molecule has 19 heavy (non-hydrogen) atoms. The van der Waals surface area contributed by atoms with Crippen LogP contribution in [0.4, 0.5) is 0 Å². The van der Waals surface area contributed by atoms with Gasteiger partial charge in [0.2, 0.25) is 0 Å². The van der Waals surface area contributed by atoms with E-state index in [4.69, 9.17) is 4.74 Å². The van der Waals surface area contributed by atoms with E-state index in [1.807, 2.05) is 0 Å². The third-order valence-corrected chi connectivity index (χ3v) is 4.02. The molecule has 1 aromatic carbocycles. The van der Waals surface area contributed by atoms with Crippen LogP contribution in [0.5, 0.6) is 0 Å². The average molecular weight is 266 g/mol. The summed E-state index contributed by atoms with van der Waals surface area (Å²) in [5, 5.41) is 40.0. The normalized spacial score (nSPS) is 45.1. The Morgan fingerprint density at radius 3 is 2.37 bits per heavy atom. The maximum Gasteiger partial charge on any atom is 0.338 e. The van der Waals surface area contributed by atoms with Gasteiger partial charge in [-0.1, -0.05) is 30.3 Å². The van der Waals surface area contributed by atoms with E-state index in [1.54, 1.807) is 30.3 Å². The van der Waals surface area contributed by atoms with Crippen LogP contribution in [-0.4, -0.2) is 56.4 Å². The Bertz CT molecular complexity index is 499. The first-order valence-corrected chi connectivity index (χ1v) is 6.00. The fraction of sp³-hybridized carbons (Fsp3) is 0.462. The molecule has 1 saturated carbocycles. The van der Waals surface area contributed by atoms with Crippen molar-refractivity contribution in [1.29, 1.82) is 0 Å². The molecule has 3 rings (SSSR count). The number of fused-ring (bicyclic) bond motifs is 1. The van der Waals surface area contributed by atoms with E-state index in [9.17, 15) is 25.2 Å². The van der Waals surface area contributed by atoms with Gasteiger partial charge in [0.15, 0.2) is 12.2 Å². The van der Waals surface area contributed by atoms with Gasteiger partial charge in [-0.3, -0.25) is 0 Å². The second-order valence-electron chi connectivity index (χ2n) is 5.01. The molecule has 4 N–H and O–H groups in total. The predicted octanol–water partition coefficient (Wildman–Crippen LogP) is -1.48. The van der Waals surface area contributed by atoms with Gasteiger partial charge in [-0.25, -0.2) is 4.79 Å². The second-order valence-corrected chi connectivity index (χ2v) is 5.01. The van der Waals surface area contributed by atoms with E-state index in [0.717, 1.165) is 0 Å². The van der Waals surface area contributed by atoms with Crippen LogP contribution in [0.15, 0.2) is 30.3 Å². The Balaban J connectivity index is 1.99. The number of aliphatic hydroxyl groups is 4. The second kappa shape index (κ2) is 4.01. The predicted molar refractivity (Wildman–Crippen MR) is 62.0 cm³/mol. The lowest BCUT2D eigenvalue weighted by molar-refractivity contribution is -0.312. The summed E-state index contributed by atoms with van der Waals surface area (Å²) in [6.07, 6.45) is -5.82. The van der Waals surface area contributed by atoms with Crippen molar-refractivity contribution in [2.45, 2.75) is 35.9 Å². The van der Waals surface area contributed by atoms with Crippen molar-refractivity contribution in [2.75, 3.05) is 0 Å². The van der Waals surface area contributed by atoms with Gasteiger partial charge in [0.05, 0.1) is 0 Å². The molecule has 0 bridgehead atoms. The van der Waals surface area contributed by atoms with E-state index in [-0.39, 0.29) is 0 Å². The van der Waals surface area contributed by atoms with Crippen molar-refractivity contribution in [1.82, 2.24) is 0 Å². The van der Waals surface area contributed by atoms with Crippen LogP contribution in [0.25, 0.3) is 0 Å². The summed E-state index contributed by atoms with van der Waals surface area (Å²) in [5.41, 5.74) is -1.26. The smallest absolute Gasteiger partial charge is 0.338 e. The number of carbonyl (C=O) groups is 1. The molecular formula is C13H14O6. The van der Waals surface area contributed by atoms with E-state index < -0.39 is 41.9 Å². The van der Waals surface area contributed by atoms with Gasteiger partial charge in [-0.15, -0.1) is 0 Å². The van der Waals surface area contributed by atoms with E-state index >= 15 is 0 Å². The monoisotopic (exact) mass is 266 g/mol. The summed E-state index contributed by atoms with van der Waals surface area (Å²) < 4.78 is 4.79. The number of rotatable bonds is 1. The van der Waals surface area contributed by atoms with Crippen LogP contribution in [0.3, 0.4) is 0 Å². The minimum absolute atomic E-state index is 0.609. The van der Waals surface area contributed by atoms with E-state index in [0.29, 0.717) is 5.56 Å². The summed E-state index contributed by atoms with van der Waals surface area (Å²) in [4.78, 5) is 11.3. The SMILES string of the molecule is O=C1O[C@@H]2C(O)C(c3ccccc3)[C@]2(O)[C@H](O)[C@H]1O. The van der Waals surface area contributed by atoms with Gasteiger partial charge >= 0.3 is 5.97 Å².